The van der Waals surface area contributed by atoms with Crippen molar-refractivity contribution < 1.29 is 24.5 Å². The molecule has 0 spiro atoms. The predicted molar refractivity (Wildman–Crippen MR) is 54.5 cm³/mol. The maximum Gasteiger partial charge on any atom is 0.333 e. The Hall–Kier alpha value is -1.88. The van der Waals surface area contributed by atoms with Gasteiger partial charge in [-0.05, 0) is 5.56 Å². The van der Waals surface area contributed by atoms with Crippen LogP contribution in [0.15, 0.2) is 30.3 Å². The monoisotopic (exact) mass is 224 g/mol. The normalized spacial score (nSPS) is 11.8. The fourth-order valence-electron chi connectivity index (χ4n) is 1.04. The Labute approximate surface area is 92.3 Å². The van der Waals surface area contributed by atoms with E-state index in [1.54, 1.807) is 24.3 Å². The van der Waals surface area contributed by atoms with Crippen LogP contribution in [0.2, 0.25) is 0 Å². The van der Waals surface area contributed by atoms with Gasteiger partial charge in [-0.15, -0.1) is 0 Å². The number of carbonyl (C=O) groups is 2. The molecule has 0 aromatic heterocycles. The molecular weight excluding hydrogens is 212 g/mol. The number of aliphatic hydroxyl groups is 1. The largest absolute Gasteiger partial charge is 0.479 e. The van der Waals surface area contributed by atoms with E-state index in [0.29, 0.717) is 0 Å². The van der Waals surface area contributed by atoms with E-state index in [0.717, 1.165) is 5.56 Å². The molecule has 0 saturated carbocycles. The average Bonchev–Trinajstić information content (AvgIpc) is 2.27. The fourth-order valence-corrected chi connectivity index (χ4v) is 1.04. The van der Waals surface area contributed by atoms with Gasteiger partial charge in [-0.3, -0.25) is 4.79 Å². The maximum absolute atomic E-state index is 11.1. The second-order valence-electron chi connectivity index (χ2n) is 3.20. The lowest BCUT2D eigenvalue weighted by Crippen LogP contribution is -2.24. The molecule has 86 valence electrons. The van der Waals surface area contributed by atoms with Crippen molar-refractivity contribution in [1.29, 1.82) is 0 Å². The molecule has 0 heterocycles. The number of aliphatic hydroxyl groups excluding tert-OH is 1. The van der Waals surface area contributed by atoms with Gasteiger partial charge in [0.2, 0.25) is 0 Å². The molecule has 2 N–H and O–H groups in total. The van der Waals surface area contributed by atoms with Crippen molar-refractivity contribution in [3.63, 3.8) is 0 Å². The number of aliphatic carboxylic acids is 1. The highest BCUT2D eigenvalue weighted by molar-refractivity contribution is 5.80. The molecule has 1 atom stereocenters. The van der Waals surface area contributed by atoms with E-state index in [1.165, 1.54) is 0 Å². The molecule has 0 radical (unpaired) electrons. The van der Waals surface area contributed by atoms with Gasteiger partial charge in [0, 0.05) is 0 Å². The zero-order valence-corrected chi connectivity index (χ0v) is 8.50. The third-order valence-electron chi connectivity index (χ3n) is 1.89. The SMILES string of the molecule is O=C(C[C@@H](O)C(=O)O)OCc1ccccc1. The highest BCUT2D eigenvalue weighted by Gasteiger charge is 2.18. The second kappa shape index (κ2) is 5.87. The van der Waals surface area contributed by atoms with Crippen molar-refractivity contribution in [3.8, 4) is 0 Å². The number of carbonyl (C=O) groups excluding carboxylic acids is 1. The first kappa shape index (κ1) is 12.2. The molecule has 5 heteroatoms. The van der Waals surface area contributed by atoms with Crippen LogP contribution in [-0.4, -0.2) is 28.3 Å². The molecular formula is C11H12O5. The molecule has 0 bridgehead atoms. The van der Waals surface area contributed by atoms with Crippen LogP contribution >= 0.6 is 0 Å². The minimum atomic E-state index is -1.71. The second-order valence-corrected chi connectivity index (χ2v) is 3.20. The Morgan fingerprint density at radius 3 is 2.44 bits per heavy atom. The molecule has 0 aliphatic carbocycles. The number of rotatable bonds is 5. The topological polar surface area (TPSA) is 83.8 Å². The predicted octanol–water partition coefficient (Wildman–Crippen LogP) is 0.565. The Morgan fingerprint density at radius 2 is 1.88 bits per heavy atom. The molecule has 16 heavy (non-hydrogen) atoms. The summed E-state index contributed by atoms with van der Waals surface area (Å²) in [6.45, 7) is 0.0754. The van der Waals surface area contributed by atoms with Gasteiger partial charge >= 0.3 is 11.9 Å². The summed E-state index contributed by atoms with van der Waals surface area (Å²) in [6.07, 6.45) is -2.24. The van der Waals surface area contributed by atoms with Gasteiger partial charge in [-0.2, -0.15) is 0 Å². The lowest BCUT2D eigenvalue weighted by atomic mass is 10.2. The quantitative estimate of drug-likeness (QED) is 0.714. The van der Waals surface area contributed by atoms with Crippen LogP contribution in [0.25, 0.3) is 0 Å². The van der Waals surface area contributed by atoms with Gasteiger partial charge in [0.05, 0.1) is 6.42 Å². The number of hydrogen-bond acceptors (Lipinski definition) is 4. The number of carboxylic acid groups (broad SMARTS) is 1. The van der Waals surface area contributed by atoms with Crippen LogP contribution in [0.4, 0.5) is 0 Å². The van der Waals surface area contributed by atoms with Gasteiger partial charge in [-0.25, -0.2) is 4.79 Å². The maximum atomic E-state index is 11.1. The highest BCUT2D eigenvalue weighted by atomic mass is 16.5. The first-order valence-corrected chi connectivity index (χ1v) is 4.70. The summed E-state index contributed by atoms with van der Waals surface area (Å²) in [5.41, 5.74) is 0.806. The van der Waals surface area contributed by atoms with Crippen LogP contribution in [0.5, 0.6) is 0 Å². The summed E-state index contributed by atoms with van der Waals surface area (Å²) in [4.78, 5) is 21.3. The molecule has 0 saturated heterocycles. The van der Waals surface area contributed by atoms with Gasteiger partial charge in [0.25, 0.3) is 0 Å². The Balaban J connectivity index is 2.33. The number of benzene rings is 1. The van der Waals surface area contributed by atoms with E-state index in [1.807, 2.05) is 6.07 Å². The van der Waals surface area contributed by atoms with Gasteiger partial charge < -0.3 is 14.9 Å². The molecule has 0 amide bonds. The third kappa shape index (κ3) is 4.10. The number of esters is 1. The van der Waals surface area contributed by atoms with Crippen LogP contribution in [0, 0.1) is 0 Å². The van der Waals surface area contributed by atoms with E-state index in [-0.39, 0.29) is 6.61 Å². The summed E-state index contributed by atoms with van der Waals surface area (Å²) in [6, 6.07) is 8.99. The minimum absolute atomic E-state index is 0.0754. The summed E-state index contributed by atoms with van der Waals surface area (Å²) >= 11 is 0. The van der Waals surface area contributed by atoms with Crippen molar-refractivity contribution in [1.82, 2.24) is 0 Å². The zero-order valence-electron chi connectivity index (χ0n) is 8.50. The highest BCUT2D eigenvalue weighted by Crippen LogP contribution is 2.03. The van der Waals surface area contributed by atoms with E-state index in [9.17, 15) is 9.59 Å². The van der Waals surface area contributed by atoms with Crippen molar-refractivity contribution >= 4 is 11.9 Å². The van der Waals surface area contributed by atoms with Crippen LogP contribution in [0.3, 0.4) is 0 Å². The first-order valence-electron chi connectivity index (χ1n) is 4.70. The fraction of sp³-hybridized carbons (Fsp3) is 0.273. The van der Waals surface area contributed by atoms with Crippen molar-refractivity contribution in [2.45, 2.75) is 19.1 Å². The average molecular weight is 224 g/mol. The molecule has 1 rings (SSSR count). The van der Waals surface area contributed by atoms with Crippen molar-refractivity contribution in [2.24, 2.45) is 0 Å². The Morgan fingerprint density at radius 1 is 1.25 bits per heavy atom. The first-order chi connectivity index (χ1) is 7.59. The third-order valence-corrected chi connectivity index (χ3v) is 1.89. The molecule has 0 aliphatic heterocycles. The van der Waals surface area contributed by atoms with Gasteiger partial charge in [0.15, 0.2) is 6.10 Å². The molecule has 0 aliphatic rings. The van der Waals surface area contributed by atoms with Crippen molar-refractivity contribution in [3.05, 3.63) is 35.9 Å². The van der Waals surface area contributed by atoms with E-state index < -0.39 is 24.5 Å². The van der Waals surface area contributed by atoms with E-state index in [2.05, 4.69) is 0 Å². The number of hydrogen-bond donors (Lipinski definition) is 2. The number of carboxylic acids is 1. The smallest absolute Gasteiger partial charge is 0.333 e. The standard InChI is InChI=1S/C11H12O5/c12-9(11(14)15)6-10(13)16-7-8-4-2-1-3-5-8/h1-5,9,12H,6-7H2,(H,14,15)/t9-/m1/s1. The summed E-state index contributed by atoms with van der Waals surface area (Å²) in [5.74, 6) is -2.17. The van der Waals surface area contributed by atoms with Crippen molar-refractivity contribution in [2.75, 3.05) is 0 Å². The summed E-state index contributed by atoms with van der Waals surface area (Å²) in [5, 5.41) is 17.3. The van der Waals surface area contributed by atoms with Crippen LogP contribution < -0.4 is 0 Å². The Kier molecular flexibility index (Phi) is 4.47. The van der Waals surface area contributed by atoms with E-state index in [4.69, 9.17) is 14.9 Å². The minimum Gasteiger partial charge on any atom is -0.479 e. The van der Waals surface area contributed by atoms with E-state index >= 15 is 0 Å². The van der Waals surface area contributed by atoms with Crippen LogP contribution in [-0.2, 0) is 20.9 Å². The Bertz CT molecular complexity index is 360. The number of ether oxygens (including phenoxy) is 1. The molecule has 5 nitrogen and oxygen atoms in total. The lowest BCUT2D eigenvalue weighted by Gasteiger charge is -2.06. The zero-order chi connectivity index (χ0) is 12.0. The molecule has 1 aromatic carbocycles. The lowest BCUT2D eigenvalue weighted by molar-refractivity contribution is -0.156. The van der Waals surface area contributed by atoms with Gasteiger partial charge in [0.1, 0.15) is 6.61 Å². The molecule has 1 aromatic rings. The van der Waals surface area contributed by atoms with Gasteiger partial charge in [-0.1, -0.05) is 30.3 Å². The molecule has 0 unspecified atom stereocenters. The molecule has 0 fully saturated rings. The van der Waals surface area contributed by atoms with Crippen LogP contribution in [0.1, 0.15) is 12.0 Å². The summed E-state index contributed by atoms with van der Waals surface area (Å²) in [7, 11) is 0. The summed E-state index contributed by atoms with van der Waals surface area (Å²) < 4.78 is 4.79.